The molecule has 9 heteroatoms. The van der Waals surface area contributed by atoms with Gasteiger partial charge in [0.2, 0.25) is 0 Å². The molecule has 6 nitrogen and oxygen atoms in total. The summed E-state index contributed by atoms with van der Waals surface area (Å²) in [6.07, 6.45) is 12.0. The highest BCUT2D eigenvalue weighted by Gasteiger charge is 2.43. The lowest BCUT2D eigenvalue weighted by molar-refractivity contribution is 0.0511. The first-order valence-corrected chi connectivity index (χ1v) is 17.6. The molecule has 0 N–H and O–H groups in total. The number of hydrogen-bond acceptors (Lipinski definition) is 6. The number of likely N-dealkylation sites (tertiary alicyclic amines) is 2. The van der Waals surface area contributed by atoms with Crippen molar-refractivity contribution in [3.05, 3.63) is 76.6 Å². The highest BCUT2D eigenvalue weighted by molar-refractivity contribution is 8.00. The minimum absolute atomic E-state index is 0.142. The zero-order valence-electron chi connectivity index (χ0n) is 27.4. The normalized spacial score (nSPS) is 20.8. The van der Waals surface area contributed by atoms with Crippen LogP contribution < -0.4 is 9.64 Å². The van der Waals surface area contributed by atoms with Crippen LogP contribution >= 0.6 is 23.4 Å². The average molecular weight is 658 g/mol. The molecule has 0 saturated carbocycles. The maximum Gasteiger partial charge on any atom is 0.255 e. The van der Waals surface area contributed by atoms with E-state index in [0.29, 0.717) is 23.9 Å². The van der Waals surface area contributed by atoms with Gasteiger partial charge in [0.15, 0.2) is 6.79 Å². The molecule has 2 aromatic rings. The number of carbonyl (C=O) groups is 1. The highest BCUT2D eigenvalue weighted by atomic mass is 35.5. The summed E-state index contributed by atoms with van der Waals surface area (Å²) in [5.41, 5.74) is 2.83. The molecule has 3 heterocycles. The number of halogens is 2. The molecule has 0 aliphatic carbocycles. The molecule has 1 amide bonds. The summed E-state index contributed by atoms with van der Waals surface area (Å²) in [6.45, 7) is 12.9. The molecule has 0 spiro atoms. The van der Waals surface area contributed by atoms with Crippen LogP contribution in [0.25, 0.3) is 0 Å². The SMILES string of the molecule is C/C=C\C(=C/C)CCN1CCC(Sc2ccc(OCOC)c(N3C4CCC3CN(C(=O)c3ccc(F)cc3Cl)C4)c2)CC1.CC. The smallest absolute Gasteiger partial charge is 0.255 e. The lowest BCUT2D eigenvalue weighted by Gasteiger charge is -2.43. The first kappa shape index (κ1) is 35.3. The first-order chi connectivity index (χ1) is 21.9. The van der Waals surface area contributed by atoms with Gasteiger partial charge in [-0.15, -0.1) is 11.8 Å². The number of piperazine rings is 1. The van der Waals surface area contributed by atoms with Gasteiger partial charge in [0.05, 0.1) is 16.3 Å². The Labute approximate surface area is 278 Å². The van der Waals surface area contributed by atoms with Gasteiger partial charge in [-0.05, 0) is 95.4 Å². The van der Waals surface area contributed by atoms with E-state index in [0.717, 1.165) is 50.3 Å². The van der Waals surface area contributed by atoms with Crippen LogP contribution in [0.5, 0.6) is 5.75 Å². The van der Waals surface area contributed by atoms with Crippen LogP contribution in [0.1, 0.15) is 70.2 Å². The summed E-state index contributed by atoms with van der Waals surface area (Å²) in [6, 6.07) is 10.8. The van der Waals surface area contributed by atoms with Gasteiger partial charge < -0.3 is 24.2 Å². The van der Waals surface area contributed by atoms with Crippen LogP contribution in [0.2, 0.25) is 5.02 Å². The molecule has 0 radical (unpaired) electrons. The Hall–Kier alpha value is -2.52. The summed E-state index contributed by atoms with van der Waals surface area (Å²) in [4.78, 5) is 21.5. The average Bonchev–Trinajstić information content (AvgIpc) is 3.31. The highest BCUT2D eigenvalue weighted by Crippen LogP contribution is 2.43. The molecule has 3 fully saturated rings. The van der Waals surface area contributed by atoms with E-state index >= 15 is 0 Å². The van der Waals surface area contributed by atoms with E-state index in [2.05, 4.69) is 60.1 Å². The van der Waals surface area contributed by atoms with Crippen molar-refractivity contribution in [2.75, 3.05) is 51.5 Å². The van der Waals surface area contributed by atoms with Crippen molar-refractivity contribution in [1.29, 1.82) is 0 Å². The number of piperidine rings is 1. The molecule has 3 aliphatic heterocycles. The number of nitrogens with zero attached hydrogens (tertiary/aromatic N) is 3. The Balaban J connectivity index is 0.00000226. The topological polar surface area (TPSA) is 45.3 Å². The standard InChI is InChI=1S/C34H43ClFN3O3S.C2H6/c1-4-6-24(5-2)13-16-37-17-14-28(15-18-37)43-29-10-12-33(42-23-41-3)32(20-29)39-26-8-9-27(39)22-38(21-26)34(40)30-11-7-25(36)19-31(30)35;1-2/h4-7,10-12,19-20,26-28H,8-9,13-18,21-23H2,1-3H3;1-2H3/b6-4-,24-5+;. The Morgan fingerprint density at radius 1 is 1.04 bits per heavy atom. The number of hydrogen-bond donors (Lipinski definition) is 0. The van der Waals surface area contributed by atoms with Gasteiger partial charge >= 0.3 is 0 Å². The van der Waals surface area contributed by atoms with E-state index in [4.69, 9.17) is 21.1 Å². The van der Waals surface area contributed by atoms with Crippen molar-refractivity contribution < 1.29 is 18.7 Å². The van der Waals surface area contributed by atoms with Crippen LogP contribution in [-0.4, -0.2) is 79.7 Å². The van der Waals surface area contributed by atoms with Gasteiger partial charge in [-0.25, -0.2) is 4.39 Å². The van der Waals surface area contributed by atoms with Gasteiger partial charge in [-0.2, -0.15) is 0 Å². The van der Waals surface area contributed by atoms with Crippen LogP contribution in [0.3, 0.4) is 0 Å². The van der Waals surface area contributed by atoms with E-state index in [9.17, 15) is 9.18 Å². The monoisotopic (exact) mass is 657 g/mol. The van der Waals surface area contributed by atoms with Crippen molar-refractivity contribution >= 4 is 35.0 Å². The lowest BCUT2D eigenvalue weighted by atomic mass is 10.1. The Kier molecular flexibility index (Phi) is 13.7. The van der Waals surface area contributed by atoms with E-state index in [1.165, 1.54) is 41.5 Å². The number of rotatable bonds is 11. The molecule has 0 aromatic heterocycles. The van der Waals surface area contributed by atoms with Crippen molar-refractivity contribution in [1.82, 2.24) is 9.80 Å². The number of thioether (sulfide) groups is 1. The van der Waals surface area contributed by atoms with Gasteiger partial charge in [-0.1, -0.05) is 49.2 Å². The van der Waals surface area contributed by atoms with Crippen molar-refractivity contribution in [2.24, 2.45) is 0 Å². The van der Waals surface area contributed by atoms with Gasteiger partial charge in [0.25, 0.3) is 5.91 Å². The largest absolute Gasteiger partial charge is 0.465 e. The van der Waals surface area contributed by atoms with Gasteiger partial charge in [0, 0.05) is 49.0 Å². The molecule has 2 unspecified atom stereocenters. The second-order valence-corrected chi connectivity index (χ2v) is 13.4. The Morgan fingerprint density at radius 3 is 2.38 bits per heavy atom. The second-order valence-electron chi connectivity index (χ2n) is 11.6. The van der Waals surface area contributed by atoms with Gasteiger partial charge in [0.1, 0.15) is 11.6 Å². The molecular weight excluding hydrogens is 609 g/mol. The second kappa shape index (κ2) is 17.4. The van der Waals surface area contributed by atoms with Crippen LogP contribution in [-0.2, 0) is 4.74 Å². The lowest BCUT2D eigenvalue weighted by Crippen LogP contribution is -2.55. The summed E-state index contributed by atoms with van der Waals surface area (Å²) in [7, 11) is 1.63. The fourth-order valence-electron chi connectivity index (χ4n) is 6.58. The quantitative estimate of drug-likeness (QED) is 0.179. The Morgan fingerprint density at radius 2 is 1.76 bits per heavy atom. The van der Waals surface area contributed by atoms with E-state index in [-0.39, 0.29) is 29.8 Å². The fourth-order valence-corrected chi connectivity index (χ4v) is 7.99. The third kappa shape index (κ3) is 9.06. The third-order valence-corrected chi connectivity index (χ3v) is 10.4. The predicted molar refractivity (Wildman–Crippen MR) is 185 cm³/mol. The number of allylic oxidation sites excluding steroid dienone is 3. The summed E-state index contributed by atoms with van der Waals surface area (Å²) >= 11 is 8.21. The molecule has 2 atom stereocenters. The number of fused-ring (bicyclic) bond motifs is 2. The summed E-state index contributed by atoms with van der Waals surface area (Å²) in [5, 5.41) is 0.736. The number of benzene rings is 2. The first-order valence-electron chi connectivity index (χ1n) is 16.4. The molecular formula is C36H49ClFN3O3S. The number of carbonyl (C=O) groups excluding carboxylic acids is 1. The molecule has 3 aliphatic rings. The minimum Gasteiger partial charge on any atom is -0.465 e. The van der Waals surface area contributed by atoms with E-state index in [1.807, 2.05) is 30.5 Å². The maximum atomic E-state index is 13.6. The Bertz CT molecular complexity index is 1320. The molecule has 45 heavy (non-hydrogen) atoms. The van der Waals surface area contributed by atoms with Crippen LogP contribution in [0, 0.1) is 5.82 Å². The zero-order valence-corrected chi connectivity index (χ0v) is 29.0. The molecule has 246 valence electrons. The molecule has 5 rings (SSSR count). The molecule has 2 bridgehead atoms. The predicted octanol–water partition coefficient (Wildman–Crippen LogP) is 8.45. The van der Waals surface area contributed by atoms with E-state index in [1.54, 1.807) is 7.11 Å². The van der Waals surface area contributed by atoms with E-state index < -0.39 is 5.82 Å². The number of ether oxygens (including phenoxy) is 2. The van der Waals surface area contributed by atoms with Gasteiger partial charge in [-0.3, -0.25) is 4.79 Å². The number of anilines is 1. The van der Waals surface area contributed by atoms with Crippen molar-refractivity contribution in [3.63, 3.8) is 0 Å². The van der Waals surface area contributed by atoms with Crippen molar-refractivity contribution in [2.45, 2.75) is 82.0 Å². The number of amides is 1. The summed E-state index contributed by atoms with van der Waals surface area (Å²) < 4.78 is 24.9. The molecule has 2 aromatic carbocycles. The zero-order chi connectivity index (χ0) is 32.3. The fraction of sp³-hybridized carbons (Fsp3) is 0.528. The van der Waals surface area contributed by atoms with Crippen LogP contribution in [0.15, 0.2) is 65.1 Å². The molecule has 3 saturated heterocycles. The maximum absolute atomic E-state index is 13.6. The van der Waals surface area contributed by atoms with Crippen LogP contribution in [0.4, 0.5) is 10.1 Å². The summed E-state index contributed by atoms with van der Waals surface area (Å²) in [5.74, 6) is 0.221. The minimum atomic E-state index is -0.443. The van der Waals surface area contributed by atoms with Crippen molar-refractivity contribution in [3.8, 4) is 5.75 Å². The third-order valence-electron chi connectivity index (χ3n) is 8.78. The number of methoxy groups -OCH3 is 1.